The largest absolute Gasteiger partial charge is 0.507 e. The van der Waals surface area contributed by atoms with E-state index < -0.39 is 8.07 Å². The Bertz CT molecular complexity index is 1210. The number of benzene rings is 2. The summed E-state index contributed by atoms with van der Waals surface area (Å²) < 4.78 is 6.43. The van der Waals surface area contributed by atoms with Crippen molar-refractivity contribution in [3.63, 3.8) is 0 Å². The zero-order chi connectivity index (χ0) is 22.5. The average molecular weight is 445 g/mol. The first-order chi connectivity index (χ1) is 15.2. The number of ether oxygens (including phenoxy) is 1. The number of Topliss-reactive ketones (excluding diaryl/α,β-unsaturated/α-hetero) is 2. The van der Waals surface area contributed by atoms with Crippen LogP contribution in [-0.4, -0.2) is 36.5 Å². The summed E-state index contributed by atoms with van der Waals surface area (Å²) in [5.74, 6) is -0.416. The summed E-state index contributed by atoms with van der Waals surface area (Å²) in [4.78, 5) is 26.9. The average Bonchev–Trinajstić information content (AvgIpc) is 3.47. The molecule has 164 valence electrons. The second-order valence-electron chi connectivity index (χ2n) is 10.8. The Hall–Kier alpha value is -2.50. The van der Waals surface area contributed by atoms with Gasteiger partial charge in [-0.2, -0.15) is 0 Å². The molecule has 1 saturated heterocycles. The third-order valence-corrected chi connectivity index (χ3v) is 14.4. The van der Waals surface area contributed by atoms with Gasteiger partial charge in [0, 0.05) is 29.0 Å². The van der Waals surface area contributed by atoms with E-state index in [1.165, 1.54) is 11.3 Å². The van der Waals surface area contributed by atoms with E-state index in [2.05, 4.69) is 50.3 Å². The van der Waals surface area contributed by atoms with Crippen LogP contribution in [0.3, 0.4) is 0 Å². The summed E-state index contributed by atoms with van der Waals surface area (Å²) >= 11 is 0. The second-order valence-corrected chi connectivity index (χ2v) is 15.9. The van der Waals surface area contributed by atoms with Crippen molar-refractivity contribution in [2.75, 3.05) is 0 Å². The number of phenols is 1. The lowest BCUT2D eigenvalue weighted by Crippen LogP contribution is -2.57. The van der Waals surface area contributed by atoms with Crippen LogP contribution in [0.15, 0.2) is 59.7 Å². The van der Waals surface area contributed by atoms with E-state index in [4.69, 9.17) is 4.74 Å². The summed E-state index contributed by atoms with van der Waals surface area (Å²) in [5, 5.41) is 11.9. The second kappa shape index (κ2) is 6.30. The van der Waals surface area contributed by atoms with Gasteiger partial charge in [0.05, 0.1) is 19.7 Å². The summed E-state index contributed by atoms with van der Waals surface area (Å²) in [6, 6.07) is 15.7. The summed E-state index contributed by atoms with van der Waals surface area (Å²) in [7, 11) is -1.82. The van der Waals surface area contributed by atoms with Gasteiger partial charge in [0.2, 0.25) is 0 Å². The lowest BCUT2D eigenvalue weighted by molar-refractivity contribution is 0.0917. The summed E-state index contributed by atoms with van der Waals surface area (Å²) in [5.41, 5.74) is 1.44. The minimum atomic E-state index is -1.82. The Labute approximate surface area is 189 Å². The first kappa shape index (κ1) is 20.1. The molecule has 6 rings (SSSR count). The zero-order valence-corrected chi connectivity index (χ0v) is 19.8. The molecule has 3 aliphatic carbocycles. The minimum Gasteiger partial charge on any atom is -0.507 e. The predicted molar refractivity (Wildman–Crippen MR) is 125 cm³/mol. The van der Waals surface area contributed by atoms with Gasteiger partial charge in [-0.3, -0.25) is 9.59 Å². The van der Waals surface area contributed by atoms with E-state index in [1.807, 2.05) is 0 Å². The van der Waals surface area contributed by atoms with Gasteiger partial charge in [0.25, 0.3) is 0 Å². The number of carbonyl (C=O) groups excluding carboxylic acids is 2. The molecule has 32 heavy (non-hydrogen) atoms. The van der Waals surface area contributed by atoms with Crippen molar-refractivity contribution >= 4 is 24.8 Å². The van der Waals surface area contributed by atoms with E-state index >= 15 is 0 Å². The first-order valence-corrected chi connectivity index (χ1v) is 14.6. The van der Waals surface area contributed by atoms with Gasteiger partial charge in [0.1, 0.15) is 11.4 Å². The van der Waals surface area contributed by atoms with Crippen molar-refractivity contribution < 1.29 is 19.4 Å². The zero-order valence-electron chi connectivity index (χ0n) is 18.8. The van der Waals surface area contributed by atoms with Crippen LogP contribution in [0, 0.1) is 5.92 Å². The Balaban J connectivity index is 1.40. The molecule has 1 N–H and O–H groups in total. The number of phenolic OH excluding ortho intramolecular Hbond substituents is 1. The Kier molecular flexibility index (Phi) is 3.96. The van der Waals surface area contributed by atoms with Crippen LogP contribution in [0.2, 0.25) is 18.1 Å². The molecule has 2 aromatic carbocycles. The molecule has 1 spiro atoms. The van der Waals surface area contributed by atoms with Gasteiger partial charge in [-0.15, -0.1) is 0 Å². The maximum atomic E-state index is 13.6. The topological polar surface area (TPSA) is 66.9 Å². The minimum absolute atomic E-state index is 0.00407. The molecule has 4 nitrogen and oxygen atoms in total. The van der Waals surface area contributed by atoms with Gasteiger partial charge in [-0.1, -0.05) is 67.7 Å². The smallest absolute Gasteiger partial charge is 0.194 e. The molecule has 0 radical (unpaired) electrons. The third kappa shape index (κ3) is 2.41. The fourth-order valence-corrected chi connectivity index (χ4v) is 10.1. The van der Waals surface area contributed by atoms with Crippen LogP contribution in [0.1, 0.15) is 53.3 Å². The molecule has 2 fully saturated rings. The molecule has 1 heterocycles. The number of rotatable bonds is 2. The molecule has 0 bridgehead atoms. The van der Waals surface area contributed by atoms with Gasteiger partial charge in [0.15, 0.2) is 11.6 Å². The van der Waals surface area contributed by atoms with Crippen LogP contribution in [-0.2, 0) is 4.74 Å². The summed E-state index contributed by atoms with van der Waals surface area (Å²) in [6.07, 6.45) is 3.30. The number of hydrogen-bond acceptors (Lipinski definition) is 4. The standard InChI is InChI=1S/C27H28O4Si/c1-26(32(2,3)16-8-5-4-6-9-16)13-12-19-22-18(14-21-27(19,15-26)31-21)25(30)23-17(24(22)29)10-7-11-20(23)28/h4-11,19,21,28H,12-15H2,1-3H3/t19-,21-,26-,27+/m0/s1. The predicted octanol–water partition coefficient (Wildman–Crippen LogP) is 4.79. The lowest BCUT2D eigenvalue weighted by Gasteiger charge is -2.51. The first-order valence-electron chi connectivity index (χ1n) is 11.6. The number of aromatic hydroxyl groups is 1. The van der Waals surface area contributed by atoms with E-state index in [0.29, 0.717) is 23.1 Å². The number of epoxide rings is 1. The molecular weight excluding hydrogens is 416 g/mol. The molecular formula is C27H28O4Si. The Morgan fingerprint density at radius 1 is 1.03 bits per heavy atom. The normalized spacial score (nSPS) is 33.2. The van der Waals surface area contributed by atoms with Gasteiger partial charge < -0.3 is 9.84 Å². The van der Waals surface area contributed by atoms with Crippen LogP contribution in [0.5, 0.6) is 5.75 Å². The number of fused-ring (bicyclic) bond motifs is 2. The fraction of sp³-hybridized carbons (Fsp3) is 0.407. The molecule has 1 aliphatic heterocycles. The number of carbonyl (C=O) groups is 2. The van der Waals surface area contributed by atoms with Crippen LogP contribution >= 0.6 is 0 Å². The SMILES string of the molecule is C[C@]1([Si](C)(C)c2ccccc2)CC[C@H]2C3=C(C[C@@H]4O[C@@]42C1)C(=O)c1c(O)cccc1C3=O. The summed E-state index contributed by atoms with van der Waals surface area (Å²) in [6.45, 7) is 7.33. The highest BCUT2D eigenvalue weighted by atomic mass is 28.3. The monoisotopic (exact) mass is 444 g/mol. The maximum Gasteiger partial charge on any atom is 0.194 e. The molecule has 0 aromatic heterocycles. The quantitative estimate of drug-likeness (QED) is 0.534. The Morgan fingerprint density at radius 3 is 2.53 bits per heavy atom. The number of ketones is 2. The van der Waals surface area contributed by atoms with Gasteiger partial charge >= 0.3 is 0 Å². The van der Waals surface area contributed by atoms with Crippen molar-refractivity contribution in [3.8, 4) is 5.75 Å². The van der Waals surface area contributed by atoms with E-state index in [-0.39, 0.29) is 45.5 Å². The third-order valence-electron chi connectivity index (χ3n) is 9.19. The Morgan fingerprint density at radius 2 is 1.78 bits per heavy atom. The lowest BCUT2D eigenvalue weighted by atomic mass is 9.61. The molecule has 1 saturated carbocycles. The highest BCUT2D eigenvalue weighted by Crippen LogP contribution is 2.68. The van der Waals surface area contributed by atoms with Crippen LogP contribution < -0.4 is 5.19 Å². The molecule has 5 heteroatoms. The highest BCUT2D eigenvalue weighted by molar-refractivity contribution is 6.92. The maximum absolute atomic E-state index is 13.6. The van der Waals surface area contributed by atoms with Crippen molar-refractivity contribution in [1.29, 1.82) is 0 Å². The van der Waals surface area contributed by atoms with Gasteiger partial charge in [-0.25, -0.2) is 0 Å². The molecule has 4 aliphatic rings. The van der Waals surface area contributed by atoms with Crippen LogP contribution in [0.25, 0.3) is 0 Å². The molecule has 0 amide bonds. The molecule has 2 aromatic rings. The van der Waals surface area contributed by atoms with Crippen molar-refractivity contribution in [2.45, 2.75) is 62.4 Å². The number of hydrogen-bond donors (Lipinski definition) is 1. The molecule has 4 atom stereocenters. The van der Waals surface area contributed by atoms with Gasteiger partial charge in [-0.05, 0) is 30.4 Å². The van der Waals surface area contributed by atoms with E-state index in [9.17, 15) is 14.7 Å². The van der Waals surface area contributed by atoms with Crippen molar-refractivity contribution in [1.82, 2.24) is 0 Å². The van der Waals surface area contributed by atoms with Crippen LogP contribution in [0.4, 0.5) is 0 Å². The molecule has 0 unspecified atom stereocenters. The highest BCUT2D eigenvalue weighted by Gasteiger charge is 2.71. The van der Waals surface area contributed by atoms with E-state index in [0.717, 1.165) is 19.3 Å². The van der Waals surface area contributed by atoms with E-state index in [1.54, 1.807) is 12.1 Å². The van der Waals surface area contributed by atoms with Crippen molar-refractivity contribution in [3.05, 3.63) is 70.8 Å². The van der Waals surface area contributed by atoms with Crippen molar-refractivity contribution in [2.24, 2.45) is 5.92 Å². The fourth-order valence-electron chi connectivity index (χ4n) is 6.84.